The van der Waals surface area contributed by atoms with Crippen LogP contribution in [0, 0.1) is 11.8 Å². The Labute approximate surface area is 147 Å². The maximum Gasteiger partial charge on any atom is 0.191 e. The first-order valence-electron chi connectivity index (χ1n) is 9.00. The van der Waals surface area contributed by atoms with E-state index < -0.39 is 0 Å². The number of hydrogen-bond donors (Lipinski definition) is 2. The van der Waals surface area contributed by atoms with Crippen molar-refractivity contribution >= 4 is 5.96 Å². The molecule has 134 valence electrons. The average molecular weight is 332 g/mol. The van der Waals surface area contributed by atoms with E-state index in [4.69, 9.17) is 0 Å². The molecule has 2 unspecified atom stereocenters. The van der Waals surface area contributed by atoms with Crippen LogP contribution in [0.15, 0.2) is 29.4 Å². The van der Waals surface area contributed by atoms with Gasteiger partial charge in [-0.05, 0) is 44.2 Å². The van der Waals surface area contributed by atoms with Gasteiger partial charge in [-0.15, -0.1) is 0 Å². The number of nitrogens with zero attached hydrogens (tertiary/aromatic N) is 3. The van der Waals surface area contributed by atoms with Crippen molar-refractivity contribution in [1.29, 1.82) is 0 Å². The first-order chi connectivity index (χ1) is 11.4. The van der Waals surface area contributed by atoms with Gasteiger partial charge in [0.05, 0.1) is 12.2 Å². The Morgan fingerprint density at radius 3 is 2.54 bits per heavy atom. The fraction of sp³-hybridized carbons (Fsp3) is 0.684. The molecule has 0 bridgehead atoms. The summed E-state index contributed by atoms with van der Waals surface area (Å²) >= 11 is 0. The van der Waals surface area contributed by atoms with Crippen LogP contribution in [0.1, 0.15) is 39.8 Å². The van der Waals surface area contributed by atoms with Gasteiger partial charge in [0.2, 0.25) is 0 Å². The molecule has 1 aliphatic rings. The molecule has 1 aromatic heterocycles. The maximum absolute atomic E-state index is 4.33. The highest BCUT2D eigenvalue weighted by Crippen LogP contribution is 2.26. The molecule has 5 heteroatoms. The first-order valence-corrected chi connectivity index (χ1v) is 9.00. The SMILES string of the molecule is CN=C(NCc1ccccn1)NCC(C)(C)N1CC(C)CC(C)C1. The van der Waals surface area contributed by atoms with Crippen LogP contribution in [0.2, 0.25) is 0 Å². The van der Waals surface area contributed by atoms with Crippen LogP contribution in [0.5, 0.6) is 0 Å². The minimum atomic E-state index is 0.103. The molecule has 2 N–H and O–H groups in total. The first kappa shape index (κ1) is 18.7. The number of aliphatic imine (C=N–C) groups is 1. The third-order valence-corrected chi connectivity index (χ3v) is 4.80. The van der Waals surface area contributed by atoms with Crippen LogP contribution in [-0.4, -0.2) is 48.1 Å². The summed E-state index contributed by atoms with van der Waals surface area (Å²) in [5, 5.41) is 6.81. The quantitative estimate of drug-likeness (QED) is 0.643. The fourth-order valence-electron chi connectivity index (χ4n) is 3.47. The molecule has 0 spiro atoms. The van der Waals surface area contributed by atoms with Crippen molar-refractivity contribution in [3.8, 4) is 0 Å². The highest BCUT2D eigenvalue weighted by atomic mass is 15.2. The summed E-state index contributed by atoms with van der Waals surface area (Å²) in [6.45, 7) is 13.3. The molecule has 0 aromatic carbocycles. The van der Waals surface area contributed by atoms with Crippen molar-refractivity contribution < 1.29 is 0 Å². The molecule has 2 atom stereocenters. The van der Waals surface area contributed by atoms with Crippen LogP contribution in [0.4, 0.5) is 0 Å². The number of aromatic nitrogens is 1. The van der Waals surface area contributed by atoms with Crippen LogP contribution in [-0.2, 0) is 6.54 Å². The molecule has 1 aliphatic heterocycles. The lowest BCUT2D eigenvalue weighted by Gasteiger charge is -2.45. The molecule has 5 nitrogen and oxygen atoms in total. The summed E-state index contributed by atoms with van der Waals surface area (Å²) in [6.07, 6.45) is 3.16. The van der Waals surface area contributed by atoms with Gasteiger partial charge in [0.1, 0.15) is 0 Å². The van der Waals surface area contributed by atoms with Crippen molar-refractivity contribution in [1.82, 2.24) is 20.5 Å². The normalized spacial score (nSPS) is 23.1. The molecular weight excluding hydrogens is 298 g/mol. The molecule has 1 aromatic rings. The van der Waals surface area contributed by atoms with Gasteiger partial charge in [0.25, 0.3) is 0 Å². The fourth-order valence-corrected chi connectivity index (χ4v) is 3.47. The summed E-state index contributed by atoms with van der Waals surface area (Å²) in [6, 6.07) is 5.95. The van der Waals surface area contributed by atoms with Crippen LogP contribution >= 0.6 is 0 Å². The number of rotatable bonds is 5. The van der Waals surface area contributed by atoms with Crippen molar-refractivity contribution in [3.05, 3.63) is 30.1 Å². The summed E-state index contributed by atoms with van der Waals surface area (Å²) in [5.41, 5.74) is 1.12. The summed E-state index contributed by atoms with van der Waals surface area (Å²) in [4.78, 5) is 11.3. The van der Waals surface area contributed by atoms with Gasteiger partial charge in [-0.1, -0.05) is 19.9 Å². The monoisotopic (exact) mass is 331 g/mol. The summed E-state index contributed by atoms with van der Waals surface area (Å²) in [5.74, 6) is 2.37. The van der Waals surface area contributed by atoms with E-state index in [1.165, 1.54) is 19.5 Å². The molecule has 24 heavy (non-hydrogen) atoms. The van der Waals surface area contributed by atoms with Gasteiger partial charge < -0.3 is 10.6 Å². The molecule has 0 radical (unpaired) electrons. The molecule has 1 fully saturated rings. The number of pyridine rings is 1. The Balaban J connectivity index is 1.85. The lowest BCUT2D eigenvalue weighted by atomic mass is 9.88. The Hall–Kier alpha value is -1.62. The molecule has 0 amide bonds. The van der Waals surface area contributed by atoms with E-state index in [9.17, 15) is 0 Å². The van der Waals surface area contributed by atoms with Crippen LogP contribution < -0.4 is 10.6 Å². The molecular formula is C19H33N5. The van der Waals surface area contributed by atoms with Gasteiger partial charge in [-0.3, -0.25) is 14.9 Å². The maximum atomic E-state index is 4.33. The smallest absolute Gasteiger partial charge is 0.191 e. The van der Waals surface area contributed by atoms with E-state index >= 15 is 0 Å². The zero-order valence-corrected chi connectivity index (χ0v) is 15.8. The minimum absolute atomic E-state index is 0.103. The number of guanidine groups is 1. The number of hydrogen-bond acceptors (Lipinski definition) is 3. The topological polar surface area (TPSA) is 52.6 Å². The van der Waals surface area contributed by atoms with Crippen molar-refractivity contribution in [2.24, 2.45) is 16.8 Å². The van der Waals surface area contributed by atoms with Crippen LogP contribution in [0.3, 0.4) is 0 Å². The highest BCUT2D eigenvalue weighted by Gasteiger charge is 2.32. The van der Waals surface area contributed by atoms with Gasteiger partial charge in [0.15, 0.2) is 5.96 Å². The predicted molar refractivity (Wildman–Crippen MR) is 101 cm³/mol. The molecule has 2 heterocycles. The molecule has 0 saturated carbocycles. The zero-order chi connectivity index (χ0) is 17.6. The Morgan fingerprint density at radius 1 is 1.25 bits per heavy atom. The van der Waals surface area contributed by atoms with E-state index in [2.05, 4.69) is 53.2 Å². The Bertz CT molecular complexity index is 516. The Kier molecular flexibility index (Phi) is 6.60. The third kappa shape index (κ3) is 5.48. The standard InChI is InChI=1S/C19H33N5/c1-15-10-16(2)13-24(12-15)19(3,4)14-23-18(20-5)22-11-17-8-6-7-9-21-17/h6-9,15-16H,10-14H2,1-5H3,(H2,20,22,23). The number of piperidine rings is 1. The predicted octanol–water partition coefficient (Wildman–Crippen LogP) is 2.50. The van der Waals surface area contributed by atoms with E-state index in [1.807, 2.05) is 31.4 Å². The second kappa shape index (κ2) is 8.47. The van der Waals surface area contributed by atoms with E-state index in [-0.39, 0.29) is 5.54 Å². The van der Waals surface area contributed by atoms with E-state index in [0.29, 0.717) is 6.54 Å². The minimum Gasteiger partial charge on any atom is -0.355 e. The average Bonchev–Trinajstić information content (AvgIpc) is 2.55. The third-order valence-electron chi connectivity index (χ3n) is 4.80. The number of likely N-dealkylation sites (tertiary alicyclic amines) is 1. The molecule has 1 saturated heterocycles. The van der Waals surface area contributed by atoms with E-state index in [1.54, 1.807) is 0 Å². The lowest BCUT2D eigenvalue weighted by Crippen LogP contribution is -2.57. The largest absolute Gasteiger partial charge is 0.355 e. The van der Waals surface area contributed by atoms with Gasteiger partial charge >= 0.3 is 0 Å². The van der Waals surface area contributed by atoms with Crippen molar-refractivity contribution in [2.45, 2.75) is 46.2 Å². The van der Waals surface area contributed by atoms with Crippen molar-refractivity contribution in [3.63, 3.8) is 0 Å². The van der Waals surface area contributed by atoms with Gasteiger partial charge in [-0.25, -0.2) is 0 Å². The second-order valence-corrected chi connectivity index (χ2v) is 7.76. The van der Waals surface area contributed by atoms with Gasteiger partial charge in [0, 0.05) is 38.4 Å². The van der Waals surface area contributed by atoms with E-state index in [0.717, 1.165) is 30.0 Å². The van der Waals surface area contributed by atoms with Gasteiger partial charge in [-0.2, -0.15) is 0 Å². The van der Waals surface area contributed by atoms with Crippen molar-refractivity contribution in [2.75, 3.05) is 26.7 Å². The Morgan fingerprint density at radius 2 is 1.96 bits per heavy atom. The van der Waals surface area contributed by atoms with Crippen LogP contribution in [0.25, 0.3) is 0 Å². The lowest BCUT2D eigenvalue weighted by molar-refractivity contribution is 0.0483. The second-order valence-electron chi connectivity index (χ2n) is 7.76. The summed E-state index contributed by atoms with van der Waals surface area (Å²) < 4.78 is 0. The molecule has 2 rings (SSSR count). The number of nitrogens with one attached hydrogen (secondary N) is 2. The zero-order valence-electron chi connectivity index (χ0n) is 15.8. The highest BCUT2D eigenvalue weighted by molar-refractivity contribution is 5.79. The molecule has 0 aliphatic carbocycles. The summed E-state index contributed by atoms with van der Waals surface area (Å²) in [7, 11) is 1.81.